The Kier molecular flexibility index (Phi) is 3.53. The lowest BCUT2D eigenvalue weighted by molar-refractivity contribution is 0.318. The Morgan fingerprint density at radius 3 is 2.76 bits per heavy atom. The molecule has 3 nitrogen and oxygen atoms in total. The molecule has 1 aromatic carbocycles. The molecule has 1 saturated carbocycles. The van der Waals surface area contributed by atoms with Gasteiger partial charge in [0.25, 0.3) is 0 Å². The van der Waals surface area contributed by atoms with Crippen molar-refractivity contribution in [1.82, 2.24) is 0 Å². The molecule has 1 aliphatic carbocycles. The molecule has 17 heavy (non-hydrogen) atoms. The van der Waals surface area contributed by atoms with Crippen molar-refractivity contribution < 1.29 is 0 Å². The Labute approximate surface area is 103 Å². The molecule has 1 aromatic rings. The number of nitrogens with two attached hydrogens (primary N) is 1. The maximum Gasteiger partial charge on any atom is 0.0992 e. The fourth-order valence-electron chi connectivity index (χ4n) is 2.27. The van der Waals surface area contributed by atoms with Crippen molar-refractivity contribution in [3.8, 4) is 6.07 Å². The van der Waals surface area contributed by atoms with E-state index < -0.39 is 0 Å². The highest BCUT2D eigenvalue weighted by molar-refractivity contribution is 5.69. The van der Waals surface area contributed by atoms with Crippen LogP contribution in [0, 0.1) is 17.2 Å². The molecular weight excluding hydrogens is 210 g/mol. The summed E-state index contributed by atoms with van der Waals surface area (Å²) in [5.74, 6) is 0.806. The Morgan fingerprint density at radius 1 is 1.47 bits per heavy atom. The van der Waals surface area contributed by atoms with Crippen molar-refractivity contribution in [3.05, 3.63) is 23.8 Å². The zero-order valence-electron chi connectivity index (χ0n) is 10.3. The van der Waals surface area contributed by atoms with E-state index in [1.54, 1.807) is 6.07 Å². The maximum absolute atomic E-state index is 8.94. The molecular formula is C14H19N3. The Morgan fingerprint density at radius 2 is 2.24 bits per heavy atom. The molecule has 0 unspecified atom stereocenters. The zero-order chi connectivity index (χ0) is 12.3. The number of hydrogen-bond acceptors (Lipinski definition) is 3. The van der Waals surface area contributed by atoms with E-state index in [4.69, 9.17) is 11.0 Å². The largest absolute Gasteiger partial charge is 0.397 e. The van der Waals surface area contributed by atoms with Crippen LogP contribution in [-0.4, -0.2) is 13.1 Å². The van der Waals surface area contributed by atoms with Gasteiger partial charge in [0.05, 0.1) is 23.0 Å². The molecule has 0 bridgehead atoms. The van der Waals surface area contributed by atoms with Gasteiger partial charge in [0.1, 0.15) is 0 Å². The third-order valence-corrected chi connectivity index (χ3v) is 3.59. The highest BCUT2D eigenvalue weighted by Crippen LogP contribution is 2.31. The number of anilines is 2. The number of nitrogens with zero attached hydrogens (tertiary/aromatic N) is 2. The minimum absolute atomic E-state index is 0.682. The first-order valence-corrected chi connectivity index (χ1v) is 6.29. The average Bonchev–Trinajstić information content (AvgIpc) is 2.29. The zero-order valence-corrected chi connectivity index (χ0v) is 10.3. The topological polar surface area (TPSA) is 53.0 Å². The van der Waals surface area contributed by atoms with Crippen LogP contribution in [0.25, 0.3) is 0 Å². The van der Waals surface area contributed by atoms with Gasteiger partial charge in [0, 0.05) is 13.1 Å². The molecule has 0 aliphatic heterocycles. The van der Waals surface area contributed by atoms with Crippen molar-refractivity contribution >= 4 is 11.4 Å². The second kappa shape index (κ2) is 5.09. The van der Waals surface area contributed by atoms with Gasteiger partial charge in [-0.3, -0.25) is 0 Å². The fourth-order valence-corrected chi connectivity index (χ4v) is 2.27. The Bertz CT molecular complexity index is 430. The SMILES string of the molecule is CCN(CC1CCC1)c1cc(C#N)ccc1N. The van der Waals surface area contributed by atoms with Gasteiger partial charge in [-0.05, 0) is 43.9 Å². The van der Waals surface area contributed by atoms with E-state index in [0.717, 1.165) is 30.4 Å². The molecule has 0 aromatic heterocycles. The molecule has 1 aliphatic rings. The quantitative estimate of drug-likeness (QED) is 0.808. The normalized spacial score (nSPS) is 15.1. The summed E-state index contributed by atoms with van der Waals surface area (Å²) in [5, 5.41) is 8.94. The molecule has 0 radical (unpaired) electrons. The molecule has 3 heteroatoms. The van der Waals surface area contributed by atoms with Crippen LogP contribution in [0.1, 0.15) is 31.7 Å². The van der Waals surface area contributed by atoms with Gasteiger partial charge < -0.3 is 10.6 Å². The Hall–Kier alpha value is -1.69. The monoisotopic (exact) mass is 229 g/mol. The summed E-state index contributed by atoms with van der Waals surface area (Å²) in [5.41, 5.74) is 8.47. The van der Waals surface area contributed by atoms with E-state index >= 15 is 0 Å². The van der Waals surface area contributed by atoms with Crippen LogP contribution < -0.4 is 10.6 Å². The third kappa shape index (κ3) is 2.52. The lowest BCUT2D eigenvalue weighted by Gasteiger charge is -2.33. The van der Waals surface area contributed by atoms with Crippen LogP contribution >= 0.6 is 0 Å². The first-order valence-electron chi connectivity index (χ1n) is 6.29. The van der Waals surface area contributed by atoms with Gasteiger partial charge >= 0.3 is 0 Å². The van der Waals surface area contributed by atoms with Crippen LogP contribution in [0.5, 0.6) is 0 Å². The predicted octanol–water partition coefficient (Wildman–Crippen LogP) is 2.77. The molecule has 2 N–H and O–H groups in total. The number of benzene rings is 1. The summed E-state index contributed by atoms with van der Waals surface area (Å²) in [6, 6.07) is 7.68. The van der Waals surface area contributed by atoms with Gasteiger partial charge in [-0.25, -0.2) is 0 Å². The molecule has 0 heterocycles. The highest BCUT2D eigenvalue weighted by Gasteiger charge is 2.21. The first-order chi connectivity index (χ1) is 8.24. The summed E-state index contributed by atoms with van der Waals surface area (Å²) in [4.78, 5) is 2.29. The third-order valence-electron chi connectivity index (χ3n) is 3.59. The maximum atomic E-state index is 8.94. The van der Waals surface area contributed by atoms with Crippen LogP contribution in [0.4, 0.5) is 11.4 Å². The van der Waals surface area contributed by atoms with E-state index in [1.807, 2.05) is 12.1 Å². The summed E-state index contributed by atoms with van der Waals surface area (Å²) in [6.45, 7) is 4.14. The molecule has 1 fully saturated rings. The molecule has 90 valence electrons. The average molecular weight is 229 g/mol. The number of nitrogen functional groups attached to an aromatic ring is 1. The summed E-state index contributed by atoms with van der Waals surface area (Å²) >= 11 is 0. The van der Waals surface area contributed by atoms with Crippen molar-refractivity contribution in [1.29, 1.82) is 5.26 Å². The van der Waals surface area contributed by atoms with Crippen molar-refractivity contribution in [2.45, 2.75) is 26.2 Å². The van der Waals surface area contributed by atoms with Gasteiger partial charge in [-0.15, -0.1) is 0 Å². The molecule has 0 spiro atoms. The summed E-state index contributed by atoms with van der Waals surface area (Å²) in [6.07, 6.45) is 4.01. The highest BCUT2D eigenvalue weighted by atomic mass is 15.1. The van der Waals surface area contributed by atoms with Crippen LogP contribution in [0.2, 0.25) is 0 Å². The van der Waals surface area contributed by atoms with Crippen molar-refractivity contribution in [3.63, 3.8) is 0 Å². The van der Waals surface area contributed by atoms with Crippen molar-refractivity contribution in [2.75, 3.05) is 23.7 Å². The fraction of sp³-hybridized carbons (Fsp3) is 0.500. The summed E-state index contributed by atoms with van der Waals surface area (Å²) < 4.78 is 0. The van der Waals surface area contributed by atoms with Gasteiger partial charge in [0.2, 0.25) is 0 Å². The van der Waals surface area contributed by atoms with Gasteiger partial charge in [-0.2, -0.15) is 5.26 Å². The number of hydrogen-bond donors (Lipinski definition) is 1. The number of nitriles is 1. The molecule has 2 rings (SSSR count). The minimum Gasteiger partial charge on any atom is -0.397 e. The van der Waals surface area contributed by atoms with Crippen LogP contribution in [-0.2, 0) is 0 Å². The predicted molar refractivity (Wildman–Crippen MR) is 70.8 cm³/mol. The Balaban J connectivity index is 2.19. The minimum atomic E-state index is 0.682. The number of rotatable bonds is 4. The second-order valence-corrected chi connectivity index (χ2v) is 4.72. The van der Waals surface area contributed by atoms with E-state index in [2.05, 4.69) is 17.9 Å². The molecule has 0 saturated heterocycles. The van der Waals surface area contributed by atoms with Gasteiger partial charge in [-0.1, -0.05) is 6.42 Å². The standard InChI is InChI=1S/C14H19N3/c1-2-17(10-11-4-3-5-11)14-8-12(9-15)6-7-13(14)16/h6-8,11H,2-5,10,16H2,1H3. The van der Waals surface area contributed by atoms with E-state index in [1.165, 1.54) is 19.3 Å². The first kappa shape index (κ1) is 11.8. The summed E-state index contributed by atoms with van der Waals surface area (Å²) in [7, 11) is 0. The van der Waals surface area contributed by atoms with E-state index in [0.29, 0.717) is 5.56 Å². The van der Waals surface area contributed by atoms with E-state index in [9.17, 15) is 0 Å². The smallest absolute Gasteiger partial charge is 0.0992 e. The van der Waals surface area contributed by atoms with Gasteiger partial charge in [0.15, 0.2) is 0 Å². The van der Waals surface area contributed by atoms with Crippen LogP contribution in [0.3, 0.4) is 0 Å². The lowest BCUT2D eigenvalue weighted by atomic mass is 9.85. The molecule has 0 atom stereocenters. The van der Waals surface area contributed by atoms with E-state index in [-0.39, 0.29) is 0 Å². The second-order valence-electron chi connectivity index (χ2n) is 4.72. The lowest BCUT2D eigenvalue weighted by Crippen LogP contribution is -2.32. The van der Waals surface area contributed by atoms with Crippen molar-refractivity contribution in [2.24, 2.45) is 5.92 Å². The van der Waals surface area contributed by atoms with Crippen LogP contribution in [0.15, 0.2) is 18.2 Å². The molecule has 0 amide bonds.